The molecule has 1 fully saturated rings. The lowest BCUT2D eigenvalue weighted by molar-refractivity contribution is -0.123. The van der Waals surface area contributed by atoms with Crippen molar-refractivity contribution in [2.45, 2.75) is 26.2 Å². The zero-order valence-corrected chi connectivity index (χ0v) is 15.1. The number of likely N-dealkylation sites (tertiary alicyclic amines) is 1. The molecule has 2 aliphatic rings. The van der Waals surface area contributed by atoms with Crippen molar-refractivity contribution >= 4 is 17.5 Å². The van der Waals surface area contributed by atoms with Crippen molar-refractivity contribution in [2.24, 2.45) is 5.92 Å². The minimum absolute atomic E-state index is 0.0164. The smallest absolute Gasteiger partial charge is 0.253 e. The highest BCUT2D eigenvalue weighted by molar-refractivity contribution is 5.98. The van der Waals surface area contributed by atoms with Crippen LogP contribution in [-0.4, -0.2) is 36.3 Å². The normalized spacial score (nSPS) is 17.3. The fourth-order valence-electron chi connectivity index (χ4n) is 4.08. The first kappa shape index (κ1) is 16.8. The summed E-state index contributed by atoms with van der Waals surface area (Å²) in [7, 11) is 0. The lowest BCUT2D eigenvalue weighted by Gasteiger charge is -2.33. The zero-order chi connectivity index (χ0) is 18.1. The summed E-state index contributed by atoms with van der Waals surface area (Å²) in [6.45, 7) is 4.08. The van der Waals surface area contributed by atoms with Gasteiger partial charge in [-0.15, -0.1) is 0 Å². The summed E-state index contributed by atoms with van der Waals surface area (Å²) in [6, 6.07) is 15.9. The van der Waals surface area contributed by atoms with Crippen LogP contribution in [0.5, 0.6) is 0 Å². The van der Waals surface area contributed by atoms with Gasteiger partial charge in [0.2, 0.25) is 5.91 Å². The number of para-hydroxylation sites is 1. The summed E-state index contributed by atoms with van der Waals surface area (Å²) >= 11 is 0. The molecule has 2 amide bonds. The van der Waals surface area contributed by atoms with Crippen LogP contribution in [-0.2, 0) is 11.2 Å². The van der Waals surface area contributed by atoms with E-state index in [1.807, 2.05) is 59.2 Å². The Hall–Kier alpha value is -2.62. The Morgan fingerprint density at radius 3 is 2.50 bits per heavy atom. The van der Waals surface area contributed by atoms with Gasteiger partial charge in [-0.2, -0.15) is 0 Å². The van der Waals surface area contributed by atoms with E-state index >= 15 is 0 Å². The van der Waals surface area contributed by atoms with Crippen LogP contribution in [0.2, 0.25) is 0 Å². The number of carbonyl (C=O) groups excluding carboxylic acids is 2. The number of piperidine rings is 1. The third-order valence-electron chi connectivity index (χ3n) is 5.55. The number of benzene rings is 2. The van der Waals surface area contributed by atoms with E-state index in [1.54, 1.807) is 0 Å². The number of anilines is 1. The quantitative estimate of drug-likeness (QED) is 0.834. The lowest BCUT2D eigenvalue weighted by Crippen LogP contribution is -2.44. The van der Waals surface area contributed by atoms with Crippen LogP contribution in [0.1, 0.15) is 34.3 Å². The summed E-state index contributed by atoms with van der Waals surface area (Å²) < 4.78 is 0. The second-order valence-corrected chi connectivity index (χ2v) is 7.30. The molecule has 2 heterocycles. The van der Waals surface area contributed by atoms with Crippen molar-refractivity contribution in [1.29, 1.82) is 0 Å². The number of aryl methyl sites for hydroxylation is 1. The van der Waals surface area contributed by atoms with Gasteiger partial charge >= 0.3 is 0 Å². The monoisotopic (exact) mass is 348 g/mol. The van der Waals surface area contributed by atoms with Crippen LogP contribution in [0.15, 0.2) is 48.5 Å². The Morgan fingerprint density at radius 2 is 1.73 bits per heavy atom. The molecule has 2 aromatic rings. The second-order valence-electron chi connectivity index (χ2n) is 7.30. The molecular weight excluding hydrogens is 324 g/mol. The molecule has 4 heteroatoms. The number of hydrogen-bond acceptors (Lipinski definition) is 2. The molecule has 0 aromatic heterocycles. The molecule has 4 rings (SSSR count). The Bertz CT molecular complexity index is 838. The molecular formula is C22H24N2O2. The SMILES string of the molecule is Cc1cccc(C(=O)N2CCC(C(=O)N3CCc4ccccc43)CC2)c1. The van der Waals surface area contributed by atoms with Crippen LogP contribution >= 0.6 is 0 Å². The molecule has 2 aromatic carbocycles. The first-order valence-electron chi connectivity index (χ1n) is 9.39. The molecule has 134 valence electrons. The standard InChI is InChI=1S/C22H24N2O2/c1-16-5-4-7-19(15-16)21(25)23-12-9-18(10-13-23)22(26)24-14-11-17-6-2-3-8-20(17)24/h2-8,15,18H,9-14H2,1H3. The number of fused-ring (bicyclic) bond motifs is 1. The van der Waals surface area contributed by atoms with Crippen LogP contribution < -0.4 is 4.90 Å². The predicted molar refractivity (Wildman–Crippen MR) is 102 cm³/mol. The summed E-state index contributed by atoms with van der Waals surface area (Å²) in [6.07, 6.45) is 2.43. The molecule has 0 unspecified atom stereocenters. The van der Waals surface area contributed by atoms with Gasteiger partial charge in [0, 0.05) is 36.8 Å². The van der Waals surface area contributed by atoms with E-state index in [-0.39, 0.29) is 17.7 Å². The van der Waals surface area contributed by atoms with Gasteiger partial charge in [-0.1, -0.05) is 35.9 Å². The van der Waals surface area contributed by atoms with E-state index in [2.05, 4.69) is 6.07 Å². The summed E-state index contributed by atoms with van der Waals surface area (Å²) in [5.74, 6) is 0.312. The summed E-state index contributed by atoms with van der Waals surface area (Å²) in [4.78, 5) is 29.5. The molecule has 0 radical (unpaired) electrons. The Labute approximate surface area is 154 Å². The molecule has 2 aliphatic heterocycles. The van der Waals surface area contributed by atoms with E-state index in [0.717, 1.165) is 42.6 Å². The van der Waals surface area contributed by atoms with Gasteiger partial charge in [-0.05, 0) is 49.9 Å². The van der Waals surface area contributed by atoms with Gasteiger partial charge < -0.3 is 9.80 Å². The van der Waals surface area contributed by atoms with Crippen LogP contribution in [0.25, 0.3) is 0 Å². The van der Waals surface area contributed by atoms with E-state index in [9.17, 15) is 9.59 Å². The molecule has 0 atom stereocenters. The molecule has 1 saturated heterocycles. The van der Waals surface area contributed by atoms with Gasteiger partial charge in [0.15, 0.2) is 0 Å². The fraction of sp³-hybridized carbons (Fsp3) is 0.364. The first-order chi connectivity index (χ1) is 12.6. The van der Waals surface area contributed by atoms with E-state index in [1.165, 1.54) is 5.56 Å². The average Bonchev–Trinajstić information content (AvgIpc) is 3.11. The van der Waals surface area contributed by atoms with Crippen molar-refractivity contribution in [3.63, 3.8) is 0 Å². The lowest BCUT2D eigenvalue weighted by atomic mass is 9.94. The van der Waals surface area contributed by atoms with E-state index in [4.69, 9.17) is 0 Å². The van der Waals surface area contributed by atoms with Crippen LogP contribution in [0.4, 0.5) is 5.69 Å². The highest BCUT2D eigenvalue weighted by atomic mass is 16.2. The zero-order valence-electron chi connectivity index (χ0n) is 15.1. The number of rotatable bonds is 2. The summed E-state index contributed by atoms with van der Waals surface area (Å²) in [5.41, 5.74) is 4.15. The topological polar surface area (TPSA) is 40.6 Å². The molecule has 0 saturated carbocycles. The molecule has 4 nitrogen and oxygen atoms in total. The van der Waals surface area contributed by atoms with Gasteiger partial charge in [0.25, 0.3) is 5.91 Å². The van der Waals surface area contributed by atoms with Crippen molar-refractivity contribution in [1.82, 2.24) is 4.90 Å². The highest BCUT2D eigenvalue weighted by Crippen LogP contribution is 2.31. The third kappa shape index (κ3) is 3.12. The Balaban J connectivity index is 1.39. The second kappa shape index (κ2) is 6.94. The van der Waals surface area contributed by atoms with Gasteiger partial charge in [-0.25, -0.2) is 0 Å². The predicted octanol–water partition coefficient (Wildman–Crippen LogP) is 3.44. The molecule has 0 bridgehead atoms. The third-order valence-corrected chi connectivity index (χ3v) is 5.55. The highest BCUT2D eigenvalue weighted by Gasteiger charge is 2.33. The van der Waals surface area contributed by atoms with Gasteiger partial charge in [0.1, 0.15) is 0 Å². The minimum atomic E-state index is 0.0164. The van der Waals surface area contributed by atoms with Crippen LogP contribution in [0, 0.1) is 12.8 Å². The Kier molecular flexibility index (Phi) is 4.49. The number of hydrogen-bond donors (Lipinski definition) is 0. The molecule has 0 aliphatic carbocycles. The summed E-state index contributed by atoms with van der Waals surface area (Å²) in [5, 5.41) is 0. The number of nitrogens with zero attached hydrogens (tertiary/aromatic N) is 2. The minimum Gasteiger partial charge on any atom is -0.339 e. The largest absolute Gasteiger partial charge is 0.339 e. The maximum Gasteiger partial charge on any atom is 0.253 e. The molecule has 26 heavy (non-hydrogen) atoms. The average molecular weight is 348 g/mol. The van der Waals surface area contributed by atoms with Crippen molar-refractivity contribution in [3.05, 3.63) is 65.2 Å². The number of carbonyl (C=O) groups is 2. The number of amides is 2. The molecule has 0 spiro atoms. The Morgan fingerprint density at radius 1 is 0.962 bits per heavy atom. The van der Waals surface area contributed by atoms with E-state index in [0.29, 0.717) is 13.1 Å². The van der Waals surface area contributed by atoms with Crippen LogP contribution in [0.3, 0.4) is 0 Å². The van der Waals surface area contributed by atoms with Crippen molar-refractivity contribution in [3.8, 4) is 0 Å². The van der Waals surface area contributed by atoms with Gasteiger partial charge in [0.05, 0.1) is 0 Å². The maximum absolute atomic E-state index is 13.0. The molecule has 0 N–H and O–H groups in total. The van der Waals surface area contributed by atoms with Crippen molar-refractivity contribution in [2.75, 3.05) is 24.5 Å². The maximum atomic E-state index is 13.0. The van der Waals surface area contributed by atoms with Gasteiger partial charge in [-0.3, -0.25) is 9.59 Å². The van der Waals surface area contributed by atoms with Crippen molar-refractivity contribution < 1.29 is 9.59 Å². The first-order valence-corrected chi connectivity index (χ1v) is 9.39. The fourth-order valence-corrected chi connectivity index (χ4v) is 4.08. The van der Waals surface area contributed by atoms with E-state index < -0.39 is 0 Å².